The van der Waals surface area contributed by atoms with Gasteiger partial charge in [0.15, 0.2) is 0 Å². The number of carboxylic acids is 1. The second-order valence-corrected chi connectivity index (χ2v) is 5.13. The topological polar surface area (TPSA) is 66.4 Å². The van der Waals surface area contributed by atoms with Crippen LogP contribution in [0.3, 0.4) is 0 Å². The van der Waals surface area contributed by atoms with Gasteiger partial charge in [0.05, 0.1) is 0 Å². The first-order valence-corrected chi connectivity index (χ1v) is 6.65. The molecule has 2 N–H and O–H groups in total. The maximum absolute atomic E-state index is 11.9. The van der Waals surface area contributed by atoms with E-state index in [1.54, 1.807) is 6.07 Å². The Kier molecular flexibility index (Phi) is 5.77. The fourth-order valence-electron chi connectivity index (χ4n) is 1.71. The van der Waals surface area contributed by atoms with Gasteiger partial charge in [-0.1, -0.05) is 29.8 Å². The van der Waals surface area contributed by atoms with Crippen LogP contribution in [0.4, 0.5) is 0 Å². The molecule has 0 radical (unpaired) electrons. The number of rotatable bonds is 5. The molecular formula is C15H18ClNO3. The van der Waals surface area contributed by atoms with Crippen LogP contribution in [0.25, 0.3) is 0 Å². The molecule has 0 aliphatic rings. The van der Waals surface area contributed by atoms with Crippen molar-refractivity contribution in [3.05, 3.63) is 46.0 Å². The van der Waals surface area contributed by atoms with Gasteiger partial charge in [0.25, 0.3) is 0 Å². The average Bonchev–Trinajstić information content (AvgIpc) is 2.39. The van der Waals surface area contributed by atoms with E-state index in [1.807, 2.05) is 25.1 Å². The molecule has 1 unspecified atom stereocenters. The number of hydrogen-bond acceptors (Lipinski definition) is 2. The van der Waals surface area contributed by atoms with Crippen LogP contribution in [0.2, 0.25) is 5.02 Å². The van der Waals surface area contributed by atoms with Gasteiger partial charge in [-0.3, -0.25) is 4.79 Å². The second kappa shape index (κ2) is 7.10. The highest BCUT2D eigenvalue weighted by Crippen LogP contribution is 2.16. The molecule has 4 nitrogen and oxygen atoms in total. The van der Waals surface area contributed by atoms with Gasteiger partial charge in [-0.25, -0.2) is 4.79 Å². The number of carbonyl (C=O) groups excluding carboxylic acids is 1. The fourth-order valence-corrected chi connectivity index (χ4v) is 1.92. The molecule has 1 rings (SSSR count). The normalized spacial score (nSPS) is 13.4. The molecule has 0 heterocycles. The molecule has 5 heteroatoms. The van der Waals surface area contributed by atoms with E-state index in [1.165, 1.54) is 13.8 Å². The average molecular weight is 296 g/mol. The molecule has 0 bridgehead atoms. The van der Waals surface area contributed by atoms with Gasteiger partial charge >= 0.3 is 5.97 Å². The summed E-state index contributed by atoms with van der Waals surface area (Å²) >= 11 is 6.06. The number of nitrogens with one attached hydrogen (secondary N) is 1. The summed E-state index contributed by atoms with van der Waals surface area (Å²) in [5, 5.41) is 12.3. The van der Waals surface area contributed by atoms with Crippen molar-refractivity contribution < 1.29 is 14.7 Å². The number of carboxylic acid groups (broad SMARTS) is 1. The van der Waals surface area contributed by atoms with E-state index in [4.69, 9.17) is 16.7 Å². The predicted octanol–water partition coefficient (Wildman–Crippen LogP) is 2.81. The lowest BCUT2D eigenvalue weighted by molar-refractivity contribution is -0.133. The number of amides is 1. The Balaban J connectivity index is 2.70. The summed E-state index contributed by atoms with van der Waals surface area (Å²) in [4.78, 5) is 22.7. The van der Waals surface area contributed by atoms with Gasteiger partial charge in [0.1, 0.15) is 0 Å². The molecule has 1 atom stereocenters. The van der Waals surface area contributed by atoms with Crippen LogP contribution in [0.1, 0.15) is 26.3 Å². The van der Waals surface area contributed by atoms with Gasteiger partial charge in [-0.05, 0) is 38.8 Å². The van der Waals surface area contributed by atoms with E-state index in [-0.39, 0.29) is 23.1 Å². The molecule has 0 spiro atoms. The standard InChI is InChI=1S/C15H18ClNO3/c1-9(8-12-6-4-5-7-13(12)16)17-14(18)10(2)11(3)15(19)20/h4-7,9H,8H2,1-3H3,(H,17,18)(H,19,20). The second-order valence-electron chi connectivity index (χ2n) is 4.73. The van der Waals surface area contributed by atoms with Crippen molar-refractivity contribution in [3.8, 4) is 0 Å². The molecular weight excluding hydrogens is 278 g/mol. The van der Waals surface area contributed by atoms with E-state index in [0.29, 0.717) is 11.4 Å². The van der Waals surface area contributed by atoms with Crippen molar-refractivity contribution in [2.45, 2.75) is 33.2 Å². The third-order valence-electron chi connectivity index (χ3n) is 3.09. The maximum atomic E-state index is 11.9. The molecule has 0 saturated heterocycles. The third-order valence-corrected chi connectivity index (χ3v) is 3.45. The summed E-state index contributed by atoms with van der Waals surface area (Å²) < 4.78 is 0. The fraction of sp³-hybridized carbons (Fsp3) is 0.333. The van der Waals surface area contributed by atoms with Crippen molar-refractivity contribution in [1.82, 2.24) is 5.32 Å². The Morgan fingerprint density at radius 1 is 1.25 bits per heavy atom. The molecule has 108 valence electrons. The summed E-state index contributed by atoms with van der Waals surface area (Å²) in [6.07, 6.45) is 0.588. The van der Waals surface area contributed by atoms with Crippen LogP contribution in [-0.2, 0) is 16.0 Å². The highest BCUT2D eigenvalue weighted by Gasteiger charge is 2.15. The Bertz CT molecular complexity index is 552. The first-order valence-electron chi connectivity index (χ1n) is 6.28. The smallest absolute Gasteiger partial charge is 0.331 e. The van der Waals surface area contributed by atoms with E-state index in [2.05, 4.69) is 5.32 Å². The lowest BCUT2D eigenvalue weighted by Gasteiger charge is -2.15. The van der Waals surface area contributed by atoms with E-state index < -0.39 is 5.97 Å². The zero-order valence-corrected chi connectivity index (χ0v) is 12.5. The first-order chi connectivity index (χ1) is 9.32. The minimum atomic E-state index is -1.09. The summed E-state index contributed by atoms with van der Waals surface area (Å²) in [6, 6.07) is 7.29. The van der Waals surface area contributed by atoms with Gasteiger partial charge in [-0.15, -0.1) is 0 Å². The summed E-state index contributed by atoms with van der Waals surface area (Å²) in [7, 11) is 0. The van der Waals surface area contributed by atoms with Gasteiger partial charge in [-0.2, -0.15) is 0 Å². The van der Waals surface area contributed by atoms with E-state index in [9.17, 15) is 9.59 Å². The van der Waals surface area contributed by atoms with Gasteiger partial charge in [0.2, 0.25) is 5.91 Å². The molecule has 20 heavy (non-hydrogen) atoms. The number of benzene rings is 1. The lowest BCUT2D eigenvalue weighted by Crippen LogP contribution is -2.35. The highest BCUT2D eigenvalue weighted by molar-refractivity contribution is 6.31. The molecule has 0 aromatic heterocycles. The van der Waals surface area contributed by atoms with Crippen molar-refractivity contribution >= 4 is 23.5 Å². The third kappa shape index (κ3) is 4.38. The van der Waals surface area contributed by atoms with Crippen LogP contribution >= 0.6 is 11.6 Å². The Hall–Kier alpha value is -1.81. The van der Waals surface area contributed by atoms with Crippen molar-refractivity contribution in [1.29, 1.82) is 0 Å². The number of hydrogen-bond donors (Lipinski definition) is 2. The molecule has 1 aromatic carbocycles. The SMILES string of the molecule is CC(C(=O)O)=C(C)C(=O)NC(C)Cc1ccccc1Cl. The van der Waals surface area contributed by atoms with Crippen molar-refractivity contribution in [2.24, 2.45) is 0 Å². The molecule has 1 amide bonds. The molecule has 0 aliphatic carbocycles. The van der Waals surface area contributed by atoms with Crippen LogP contribution in [0.15, 0.2) is 35.4 Å². The summed E-state index contributed by atoms with van der Waals surface area (Å²) in [5.41, 5.74) is 1.20. The molecule has 1 aromatic rings. The van der Waals surface area contributed by atoms with E-state index >= 15 is 0 Å². The van der Waals surface area contributed by atoms with Crippen LogP contribution in [0.5, 0.6) is 0 Å². The van der Waals surface area contributed by atoms with Crippen LogP contribution in [-0.4, -0.2) is 23.0 Å². The summed E-state index contributed by atoms with van der Waals surface area (Å²) in [6.45, 7) is 4.77. The minimum absolute atomic E-state index is 0.0486. The minimum Gasteiger partial charge on any atom is -0.478 e. The predicted molar refractivity (Wildman–Crippen MR) is 78.8 cm³/mol. The highest BCUT2D eigenvalue weighted by atomic mass is 35.5. The molecule has 0 fully saturated rings. The zero-order valence-electron chi connectivity index (χ0n) is 11.7. The Morgan fingerprint density at radius 2 is 1.85 bits per heavy atom. The first kappa shape index (κ1) is 16.2. The number of carbonyl (C=O) groups is 2. The Labute approximate surface area is 123 Å². The summed E-state index contributed by atoms with van der Waals surface area (Å²) in [5.74, 6) is -1.46. The lowest BCUT2D eigenvalue weighted by atomic mass is 10.1. The van der Waals surface area contributed by atoms with Crippen molar-refractivity contribution in [3.63, 3.8) is 0 Å². The zero-order chi connectivity index (χ0) is 15.3. The Morgan fingerprint density at radius 3 is 2.40 bits per heavy atom. The monoisotopic (exact) mass is 295 g/mol. The largest absolute Gasteiger partial charge is 0.478 e. The van der Waals surface area contributed by atoms with E-state index in [0.717, 1.165) is 5.56 Å². The number of aliphatic carboxylic acids is 1. The number of halogens is 1. The molecule has 0 saturated carbocycles. The van der Waals surface area contributed by atoms with Crippen molar-refractivity contribution in [2.75, 3.05) is 0 Å². The quantitative estimate of drug-likeness (QED) is 0.821. The van der Waals surface area contributed by atoms with Crippen LogP contribution < -0.4 is 5.32 Å². The van der Waals surface area contributed by atoms with Gasteiger partial charge < -0.3 is 10.4 Å². The molecule has 0 aliphatic heterocycles. The van der Waals surface area contributed by atoms with Gasteiger partial charge in [0, 0.05) is 22.2 Å². The maximum Gasteiger partial charge on any atom is 0.331 e. The van der Waals surface area contributed by atoms with Crippen LogP contribution in [0, 0.1) is 0 Å².